The first-order chi connectivity index (χ1) is 11.1. The lowest BCUT2D eigenvalue weighted by molar-refractivity contribution is -0.116. The van der Waals surface area contributed by atoms with Crippen molar-refractivity contribution in [3.05, 3.63) is 68.9 Å². The largest absolute Gasteiger partial charge is 0.328 e. The second-order valence-electron chi connectivity index (χ2n) is 4.70. The fourth-order valence-corrected chi connectivity index (χ4v) is 2.63. The van der Waals surface area contributed by atoms with E-state index >= 15 is 0 Å². The van der Waals surface area contributed by atoms with Crippen LogP contribution in [0.3, 0.4) is 0 Å². The lowest BCUT2D eigenvalue weighted by atomic mass is 10.2. The van der Waals surface area contributed by atoms with Gasteiger partial charge in [0, 0.05) is 35.1 Å². The molecule has 2 heterocycles. The molecule has 1 amide bonds. The van der Waals surface area contributed by atoms with E-state index in [-0.39, 0.29) is 12.5 Å². The van der Waals surface area contributed by atoms with Gasteiger partial charge in [0.2, 0.25) is 5.91 Å². The van der Waals surface area contributed by atoms with Crippen LogP contribution in [0.4, 0.5) is 5.69 Å². The van der Waals surface area contributed by atoms with Crippen LogP contribution in [0.5, 0.6) is 0 Å². The molecule has 3 rings (SSSR count). The second-order valence-corrected chi connectivity index (χ2v) is 5.60. The molecule has 116 valence electrons. The standard InChI is InChI=1S/C15H12N4O3S/c20-12-5-7-19(15(22)18-12)9-13(21)17-11-3-1-10(2-4-11)14-16-6-8-23-14/h1-8H,9H2,(H,17,21)(H,18,20,22). The molecule has 0 aliphatic heterocycles. The van der Waals surface area contributed by atoms with Gasteiger partial charge in [-0.1, -0.05) is 0 Å². The number of hydrogen-bond acceptors (Lipinski definition) is 5. The highest BCUT2D eigenvalue weighted by atomic mass is 32.1. The molecule has 0 unspecified atom stereocenters. The number of rotatable bonds is 4. The van der Waals surface area contributed by atoms with Crippen molar-refractivity contribution in [1.82, 2.24) is 14.5 Å². The minimum Gasteiger partial charge on any atom is -0.325 e. The van der Waals surface area contributed by atoms with E-state index < -0.39 is 11.2 Å². The summed E-state index contributed by atoms with van der Waals surface area (Å²) in [4.78, 5) is 40.8. The van der Waals surface area contributed by atoms with Gasteiger partial charge in [-0.25, -0.2) is 9.78 Å². The number of amides is 1. The van der Waals surface area contributed by atoms with Gasteiger partial charge in [0.05, 0.1) is 0 Å². The lowest BCUT2D eigenvalue weighted by Gasteiger charge is -2.07. The van der Waals surface area contributed by atoms with Gasteiger partial charge in [0.25, 0.3) is 5.56 Å². The van der Waals surface area contributed by atoms with Crippen LogP contribution in [-0.4, -0.2) is 20.4 Å². The van der Waals surface area contributed by atoms with Gasteiger partial charge in [-0.15, -0.1) is 11.3 Å². The van der Waals surface area contributed by atoms with Gasteiger partial charge >= 0.3 is 5.69 Å². The predicted octanol–water partition coefficient (Wildman–Crippen LogP) is 1.30. The Kier molecular flexibility index (Phi) is 4.15. The zero-order valence-corrected chi connectivity index (χ0v) is 12.7. The quantitative estimate of drug-likeness (QED) is 0.754. The van der Waals surface area contributed by atoms with E-state index in [0.29, 0.717) is 5.69 Å². The van der Waals surface area contributed by atoms with E-state index in [1.54, 1.807) is 18.3 Å². The molecule has 0 saturated heterocycles. The van der Waals surface area contributed by atoms with Crippen LogP contribution in [0.25, 0.3) is 10.6 Å². The molecule has 0 aliphatic rings. The number of thiazole rings is 1. The number of benzene rings is 1. The Morgan fingerprint density at radius 2 is 2.00 bits per heavy atom. The fraction of sp³-hybridized carbons (Fsp3) is 0.0667. The fourth-order valence-electron chi connectivity index (χ4n) is 1.99. The number of nitrogens with zero attached hydrogens (tertiary/aromatic N) is 2. The number of H-pyrrole nitrogens is 1. The van der Waals surface area contributed by atoms with Gasteiger partial charge in [0.1, 0.15) is 11.6 Å². The van der Waals surface area contributed by atoms with Gasteiger partial charge in [0.15, 0.2) is 0 Å². The van der Waals surface area contributed by atoms with Crippen molar-refractivity contribution in [2.24, 2.45) is 0 Å². The summed E-state index contributed by atoms with van der Waals surface area (Å²) >= 11 is 1.53. The molecule has 23 heavy (non-hydrogen) atoms. The van der Waals surface area contributed by atoms with Crippen molar-refractivity contribution in [1.29, 1.82) is 0 Å². The van der Waals surface area contributed by atoms with E-state index in [1.807, 2.05) is 17.5 Å². The molecular weight excluding hydrogens is 316 g/mol. The molecule has 0 aliphatic carbocycles. The van der Waals surface area contributed by atoms with E-state index in [2.05, 4.69) is 15.3 Å². The third-order valence-electron chi connectivity index (χ3n) is 3.06. The maximum absolute atomic E-state index is 12.0. The summed E-state index contributed by atoms with van der Waals surface area (Å²) in [7, 11) is 0. The molecule has 1 aromatic carbocycles. The number of anilines is 1. The molecule has 0 radical (unpaired) electrons. The highest BCUT2D eigenvalue weighted by Crippen LogP contribution is 2.23. The normalized spacial score (nSPS) is 10.4. The van der Waals surface area contributed by atoms with Crippen molar-refractivity contribution < 1.29 is 4.79 Å². The number of aromatic amines is 1. The van der Waals surface area contributed by atoms with Crippen LogP contribution >= 0.6 is 11.3 Å². The average Bonchev–Trinajstić information content (AvgIpc) is 3.05. The highest BCUT2D eigenvalue weighted by molar-refractivity contribution is 7.13. The van der Waals surface area contributed by atoms with Crippen molar-refractivity contribution in [3.63, 3.8) is 0 Å². The summed E-state index contributed by atoms with van der Waals surface area (Å²) in [6, 6.07) is 8.45. The molecule has 0 spiro atoms. The number of aromatic nitrogens is 3. The average molecular weight is 328 g/mol. The smallest absolute Gasteiger partial charge is 0.325 e. The Morgan fingerprint density at radius 3 is 2.65 bits per heavy atom. The summed E-state index contributed by atoms with van der Waals surface area (Å²) in [5, 5.41) is 5.50. The summed E-state index contributed by atoms with van der Waals surface area (Å²) in [6.07, 6.45) is 3.02. The minimum atomic E-state index is -0.619. The van der Waals surface area contributed by atoms with Crippen LogP contribution < -0.4 is 16.6 Å². The van der Waals surface area contributed by atoms with E-state index in [1.165, 1.54) is 23.6 Å². The topological polar surface area (TPSA) is 96.9 Å². The van der Waals surface area contributed by atoms with Gasteiger partial charge < -0.3 is 5.32 Å². The van der Waals surface area contributed by atoms with Gasteiger partial charge in [-0.3, -0.25) is 19.1 Å². The monoisotopic (exact) mass is 328 g/mol. The van der Waals surface area contributed by atoms with Gasteiger partial charge in [-0.2, -0.15) is 0 Å². The zero-order chi connectivity index (χ0) is 16.2. The van der Waals surface area contributed by atoms with Crippen molar-refractivity contribution in [3.8, 4) is 10.6 Å². The summed E-state index contributed by atoms with van der Waals surface area (Å²) in [5.41, 5.74) is 0.471. The van der Waals surface area contributed by atoms with Crippen LogP contribution in [0, 0.1) is 0 Å². The molecule has 7 nitrogen and oxygen atoms in total. The zero-order valence-electron chi connectivity index (χ0n) is 11.9. The molecular formula is C15H12N4O3S. The number of carbonyl (C=O) groups excluding carboxylic acids is 1. The molecule has 0 fully saturated rings. The van der Waals surface area contributed by atoms with Gasteiger partial charge in [-0.05, 0) is 24.3 Å². The van der Waals surface area contributed by atoms with Crippen LogP contribution in [-0.2, 0) is 11.3 Å². The first-order valence-corrected chi connectivity index (χ1v) is 7.59. The summed E-state index contributed by atoms with van der Waals surface area (Å²) in [6.45, 7) is -0.177. The van der Waals surface area contributed by atoms with E-state index in [9.17, 15) is 14.4 Å². The minimum absolute atomic E-state index is 0.177. The summed E-state index contributed by atoms with van der Waals surface area (Å²) < 4.78 is 1.13. The molecule has 0 saturated carbocycles. The first kappa shape index (κ1) is 14.9. The molecule has 2 aromatic heterocycles. The Bertz CT molecular complexity index is 926. The maximum Gasteiger partial charge on any atom is 0.328 e. The van der Waals surface area contributed by atoms with Crippen molar-refractivity contribution in [2.75, 3.05) is 5.32 Å². The Morgan fingerprint density at radius 1 is 1.22 bits per heavy atom. The molecule has 0 bridgehead atoms. The van der Waals surface area contributed by atoms with Crippen molar-refractivity contribution in [2.45, 2.75) is 6.54 Å². The third kappa shape index (κ3) is 3.61. The van der Waals surface area contributed by atoms with Crippen molar-refractivity contribution >= 4 is 22.9 Å². The summed E-state index contributed by atoms with van der Waals surface area (Å²) in [5.74, 6) is -0.360. The first-order valence-electron chi connectivity index (χ1n) is 6.71. The SMILES string of the molecule is O=C(Cn1ccc(=O)[nH]c1=O)Nc1ccc(-c2nccs2)cc1. The third-order valence-corrected chi connectivity index (χ3v) is 3.88. The lowest BCUT2D eigenvalue weighted by Crippen LogP contribution is -2.32. The van der Waals surface area contributed by atoms with Crippen LogP contribution in [0.2, 0.25) is 0 Å². The Hall–Kier alpha value is -3.00. The number of nitrogens with one attached hydrogen (secondary N) is 2. The number of hydrogen-bond donors (Lipinski definition) is 2. The van der Waals surface area contributed by atoms with E-state index in [4.69, 9.17) is 0 Å². The maximum atomic E-state index is 12.0. The molecule has 3 aromatic rings. The van der Waals surface area contributed by atoms with E-state index in [0.717, 1.165) is 15.1 Å². The Balaban J connectivity index is 1.68. The highest BCUT2D eigenvalue weighted by Gasteiger charge is 2.06. The van der Waals surface area contributed by atoms with Crippen LogP contribution in [0.15, 0.2) is 57.7 Å². The number of carbonyl (C=O) groups is 1. The molecule has 0 atom stereocenters. The Labute approximate surface area is 134 Å². The second kappa shape index (κ2) is 6.41. The van der Waals surface area contributed by atoms with Crippen LogP contribution in [0.1, 0.15) is 0 Å². The molecule has 8 heteroatoms. The predicted molar refractivity (Wildman–Crippen MR) is 87.5 cm³/mol. The molecule has 2 N–H and O–H groups in total.